The molecule has 1 aliphatic heterocycles. The van der Waals surface area contributed by atoms with Crippen LogP contribution in [-0.2, 0) is 6.42 Å². The molecule has 1 aliphatic carbocycles. The number of ether oxygens (including phenoxy) is 3. The largest absolute Gasteiger partial charge is 0.497 e. The quantitative estimate of drug-likeness (QED) is 0.816. The predicted molar refractivity (Wildman–Crippen MR) is 101 cm³/mol. The number of hydrogen-bond acceptors (Lipinski definition) is 4. The minimum atomic E-state index is 0.212. The smallest absolute Gasteiger partial charge is 0.231 e. The second kappa shape index (κ2) is 6.80. The van der Waals surface area contributed by atoms with Gasteiger partial charge in [0.15, 0.2) is 16.6 Å². The van der Waals surface area contributed by atoms with Crippen LogP contribution in [0.4, 0.5) is 5.69 Å². The number of nitrogens with one attached hydrogen (secondary N) is 2. The molecule has 2 aromatic rings. The van der Waals surface area contributed by atoms with Crippen molar-refractivity contribution in [3.63, 3.8) is 0 Å². The Morgan fingerprint density at radius 3 is 2.92 bits per heavy atom. The Morgan fingerprint density at radius 2 is 2.04 bits per heavy atom. The molecule has 4 rings (SSSR count). The van der Waals surface area contributed by atoms with E-state index in [0.29, 0.717) is 5.11 Å². The van der Waals surface area contributed by atoms with Gasteiger partial charge in [0, 0.05) is 11.8 Å². The molecule has 0 saturated carbocycles. The highest BCUT2D eigenvalue weighted by Crippen LogP contribution is 2.35. The lowest BCUT2D eigenvalue weighted by molar-refractivity contribution is 0.174. The van der Waals surface area contributed by atoms with Crippen LogP contribution in [0.2, 0.25) is 0 Å². The molecule has 0 saturated heterocycles. The van der Waals surface area contributed by atoms with Crippen LogP contribution in [0.25, 0.3) is 0 Å². The summed E-state index contributed by atoms with van der Waals surface area (Å²) < 4.78 is 16.1. The van der Waals surface area contributed by atoms with Gasteiger partial charge < -0.3 is 24.8 Å². The summed E-state index contributed by atoms with van der Waals surface area (Å²) >= 11 is 5.50. The van der Waals surface area contributed by atoms with Crippen LogP contribution >= 0.6 is 12.2 Å². The van der Waals surface area contributed by atoms with Crippen molar-refractivity contribution in [2.24, 2.45) is 0 Å². The number of anilines is 1. The van der Waals surface area contributed by atoms with Crippen LogP contribution in [0.3, 0.4) is 0 Å². The highest BCUT2D eigenvalue weighted by Gasteiger charge is 2.21. The van der Waals surface area contributed by atoms with Crippen molar-refractivity contribution in [2.75, 3.05) is 19.2 Å². The molecule has 0 bridgehead atoms. The van der Waals surface area contributed by atoms with Gasteiger partial charge in [0.2, 0.25) is 6.79 Å². The molecule has 1 heterocycles. The third-order valence-electron chi connectivity index (χ3n) is 4.60. The van der Waals surface area contributed by atoms with E-state index in [-0.39, 0.29) is 12.8 Å². The number of benzene rings is 2. The van der Waals surface area contributed by atoms with Gasteiger partial charge in [-0.15, -0.1) is 0 Å². The summed E-state index contributed by atoms with van der Waals surface area (Å²) in [6.45, 7) is 0.268. The first kappa shape index (κ1) is 16.0. The molecule has 2 N–H and O–H groups in total. The zero-order chi connectivity index (χ0) is 17.2. The predicted octanol–water partition coefficient (Wildman–Crippen LogP) is 3.79. The number of rotatable bonds is 3. The summed E-state index contributed by atoms with van der Waals surface area (Å²) in [6.07, 6.45) is 3.26. The van der Waals surface area contributed by atoms with Gasteiger partial charge in [-0.05, 0) is 66.9 Å². The zero-order valence-electron chi connectivity index (χ0n) is 14.0. The topological polar surface area (TPSA) is 51.8 Å². The van der Waals surface area contributed by atoms with E-state index in [4.69, 9.17) is 26.4 Å². The van der Waals surface area contributed by atoms with Crippen LogP contribution in [0.15, 0.2) is 36.4 Å². The van der Waals surface area contributed by atoms with E-state index in [0.717, 1.165) is 42.2 Å². The first-order valence-electron chi connectivity index (χ1n) is 8.37. The second-order valence-corrected chi connectivity index (χ2v) is 6.58. The van der Waals surface area contributed by atoms with Gasteiger partial charge in [0.05, 0.1) is 13.2 Å². The van der Waals surface area contributed by atoms with Crippen molar-refractivity contribution in [1.82, 2.24) is 5.32 Å². The summed E-state index contributed by atoms with van der Waals surface area (Å²) in [7, 11) is 1.70. The number of thiocarbonyl (C=S) groups is 1. The van der Waals surface area contributed by atoms with Crippen molar-refractivity contribution in [3.05, 3.63) is 47.5 Å². The van der Waals surface area contributed by atoms with E-state index in [1.807, 2.05) is 24.3 Å². The molecular weight excluding hydrogens is 336 g/mol. The maximum atomic E-state index is 5.50. The molecule has 25 heavy (non-hydrogen) atoms. The fourth-order valence-corrected chi connectivity index (χ4v) is 3.63. The monoisotopic (exact) mass is 356 g/mol. The van der Waals surface area contributed by atoms with Gasteiger partial charge in [0.25, 0.3) is 0 Å². The lowest BCUT2D eigenvalue weighted by atomic mass is 9.87. The second-order valence-electron chi connectivity index (χ2n) is 6.18. The Balaban J connectivity index is 1.45. The van der Waals surface area contributed by atoms with Crippen LogP contribution in [0.1, 0.15) is 30.0 Å². The lowest BCUT2D eigenvalue weighted by Gasteiger charge is -2.28. The van der Waals surface area contributed by atoms with Crippen LogP contribution in [-0.4, -0.2) is 19.0 Å². The molecule has 0 spiro atoms. The highest BCUT2D eigenvalue weighted by atomic mass is 32.1. The Labute approximate surface area is 152 Å². The SMILES string of the molecule is COc1ccc2c(c1)CCC[C@H]2NC(=S)Nc1ccc2c(c1)OCO2. The summed E-state index contributed by atoms with van der Waals surface area (Å²) in [5.74, 6) is 2.41. The Kier molecular flexibility index (Phi) is 4.36. The Bertz CT molecular complexity index is 809. The maximum Gasteiger partial charge on any atom is 0.231 e. The van der Waals surface area contributed by atoms with Crippen LogP contribution in [0, 0.1) is 0 Å². The van der Waals surface area contributed by atoms with Gasteiger partial charge in [-0.25, -0.2) is 0 Å². The average Bonchev–Trinajstić information content (AvgIpc) is 3.09. The molecule has 6 heteroatoms. The van der Waals surface area contributed by atoms with Crippen molar-refractivity contribution >= 4 is 23.0 Å². The summed E-state index contributed by atoms with van der Waals surface area (Å²) in [6, 6.07) is 12.2. The summed E-state index contributed by atoms with van der Waals surface area (Å²) in [5.41, 5.74) is 3.50. The number of fused-ring (bicyclic) bond motifs is 2. The molecular formula is C19H20N2O3S. The fraction of sp³-hybridized carbons (Fsp3) is 0.316. The first-order valence-corrected chi connectivity index (χ1v) is 8.78. The molecule has 0 aromatic heterocycles. The van der Waals surface area contributed by atoms with E-state index in [2.05, 4.69) is 22.8 Å². The number of methoxy groups -OCH3 is 1. The fourth-order valence-electron chi connectivity index (χ4n) is 3.37. The van der Waals surface area contributed by atoms with Gasteiger partial charge in [-0.2, -0.15) is 0 Å². The van der Waals surface area contributed by atoms with Crippen molar-refractivity contribution in [2.45, 2.75) is 25.3 Å². The van der Waals surface area contributed by atoms with Crippen molar-refractivity contribution < 1.29 is 14.2 Å². The molecule has 0 radical (unpaired) electrons. The van der Waals surface area contributed by atoms with Crippen molar-refractivity contribution in [3.8, 4) is 17.2 Å². The lowest BCUT2D eigenvalue weighted by Crippen LogP contribution is -2.34. The van der Waals surface area contributed by atoms with Crippen LogP contribution < -0.4 is 24.8 Å². The molecule has 130 valence electrons. The molecule has 2 aromatic carbocycles. The maximum absolute atomic E-state index is 5.50. The molecule has 0 unspecified atom stereocenters. The summed E-state index contributed by atoms with van der Waals surface area (Å²) in [5, 5.41) is 7.27. The van der Waals surface area contributed by atoms with Crippen molar-refractivity contribution in [1.29, 1.82) is 0 Å². The molecule has 5 nitrogen and oxygen atoms in total. The minimum Gasteiger partial charge on any atom is -0.497 e. The van der Waals surface area contributed by atoms with Gasteiger partial charge in [0.1, 0.15) is 5.75 Å². The summed E-state index contributed by atoms with van der Waals surface area (Å²) in [4.78, 5) is 0. The van der Waals surface area contributed by atoms with E-state index >= 15 is 0 Å². The zero-order valence-corrected chi connectivity index (χ0v) is 14.8. The van der Waals surface area contributed by atoms with Gasteiger partial charge in [-0.3, -0.25) is 0 Å². The van der Waals surface area contributed by atoms with Gasteiger partial charge >= 0.3 is 0 Å². The highest BCUT2D eigenvalue weighted by molar-refractivity contribution is 7.80. The minimum absolute atomic E-state index is 0.212. The number of aryl methyl sites for hydroxylation is 1. The third kappa shape index (κ3) is 3.35. The van der Waals surface area contributed by atoms with E-state index in [1.165, 1.54) is 11.1 Å². The average molecular weight is 356 g/mol. The molecule has 2 aliphatic rings. The molecule has 1 atom stereocenters. The van der Waals surface area contributed by atoms with E-state index in [9.17, 15) is 0 Å². The van der Waals surface area contributed by atoms with Crippen LogP contribution in [0.5, 0.6) is 17.2 Å². The van der Waals surface area contributed by atoms with Gasteiger partial charge in [-0.1, -0.05) is 6.07 Å². The van der Waals surface area contributed by atoms with E-state index < -0.39 is 0 Å². The number of hydrogen-bond donors (Lipinski definition) is 2. The molecule has 0 fully saturated rings. The standard InChI is InChI=1S/C19H20N2O3S/c1-22-14-6-7-15-12(9-14)3-2-4-16(15)21-19(25)20-13-5-8-17-18(10-13)24-11-23-17/h5-10,16H,2-4,11H2,1H3,(H2,20,21,25)/t16-/m1/s1. The third-order valence-corrected chi connectivity index (χ3v) is 4.82. The Hall–Kier alpha value is -2.47. The first-order chi connectivity index (χ1) is 12.2. The Morgan fingerprint density at radius 1 is 1.16 bits per heavy atom. The normalized spacial score (nSPS) is 17.6. The molecule has 0 amide bonds. The van der Waals surface area contributed by atoms with E-state index in [1.54, 1.807) is 7.11 Å².